The molecule has 1 aliphatic rings. The van der Waals surface area contributed by atoms with E-state index >= 15 is 0 Å². The summed E-state index contributed by atoms with van der Waals surface area (Å²) >= 11 is 0. The average molecular weight is 256 g/mol. The van der Waals surface area contributed by atoms with Gasteiger partial charge in [0.1, 0.15) is 6.04 Å². The lowest BCUT2D eigenvalue weighted by atomic mass is 10.1. The summed E-state index contributed by atoms with van der Waals surface area (Å²) in [5.74, 6) is 2.20. The van der Waals surface area contributed by atoms with Gasteiger partial charge < -0.3 is 10.2 Å². The van der Waals surface area contributed by atoms with Crippen LogP contribution >= 0.6 is 0 Å². The summed E-state index contributed by atoms with van der Waals surface area (Å²) in [6.45, 7) is 2.16. The second kappa shape index (κ2) is 5.57. The number of nitrogens with zero attached hydrogens (tertiary/aromatic N) is 1. The van der Waals surface area contributed by atoms with Crippen molar-refractivity contribution in [3.05, 3.63) is 29.8 Å². The molecule has 1 unspecified atom stereocenters. The summed E-state index contributed by atoms with van der Waals surface area (Å²) in [6, 6.07) is 7.02. The minimum absolute atomic E-state index is 0.0858. The Morgan fingerprint density at radius 2 is 2.26 bits per heavy atom. The van der Waals surface area contributed by atoms with Crippen LogP contribution in [0.25, 0.3) is 0 Å². The molecule has 0 saturated heterocycles. The first kappa shape index (κ1) is 13.2. The van der Waals surface area contributed by atoms with Gasteiger partial charge in [-0.3, -0.25) is 9.59 Å². The molecule has 0 radical (unpaired) electrons. The summed E-state index contributed by atoms with van der Waals surface area (Å²) in [4.78, 5) is 25.7. The van der Waals surface area contributed by atoms with E-state index in [4.69, 9.17) is 6.42 Å². The summed E-state index contributed by atoms with van der Waals surface area (Å²) < 4.78 is 0. The van der Waals surface area contributed by atoms with Crippen LogP contribution in [0.1, 0.15) is 25.3 Å². The summed E-state index contributed by atoms with van der Waals surface area (Å²) in [6.07, 6.45) is 5.84. The molecule has 1 aromatic rings. The number of para-hydroxylation sites is 1. The first-order valence-corrected chi connectivity index (χ1v) is 6.25. The zero-order chi connectivity index (χ0) is 13.8. The number of hydrogen-bond acceptors (Lipinski definition) is 2. The van der Waals surface area contributed by atoms with Crippen LogP contribution in [0.4, 0.5) is 5.69 Å². The van der Waals surface area contributed by atoms with E-state index in [0.29, 0.717) is 13.0 Å². The van der Waals surface area contributed by atoms with Gasteiger partial charge in [-0.25, -0.2) is 0 Å². The van der Waals surface area contributed by atoms with E-state index in [9.17, 15) is 9.59 Å². The number of hydrogen-bond donors (Lipinski definition) is 1. The number of nitrogens with one attached hydrogen (secondary N) is 1. The zero-order valence-electron chi connectivity index (χ0n) is 10.8. The highest BCUT2D eigenvalue weighted by atomic mass is 16.2. The van der Waals surface area contributed by atoms with Crippen molar-refractivity contribution in [3.8, 4) is 12.3 Å². The van der Waals surface area contributed by atoms with Crippen LogP contribution in [-0.2, 0) is 16.1 Å². The van der Waals surface area contributed by atoms with Crippen molar-refractivity contribution in [3.63, 3.8) is 0 Å². The number of terminal acetylenes is 1. The summed E-state index contributed by atoms with van der Waals surface area (Å²) in [5, 5.41) is 2.84. The number of fused-ring (bicyclic) bond motifs is 1. The van der Waals surface area contributed by atoms with Gasteiger partial charge in [0.25, 0.3) is 0 Å². The average Bonchev–Trinajstić information content (AvgIpc) is 2.54. The Morgan fingerprint density at radius 1 is 1.53 bits per heavy atom. The van der Waals surface area contributed by atoms with Crippen molar-refractivity contribution in [2.75, 3.05) is 5.32 Å². The van der Waals surface area contributed by atoms with Crippen LogP contribution in [0.2, 0.25) is 0 Å². The van der Waals surface area contributed by atoms with E-state index in [1.54, 1.807) is 11.8 Å². The van der Waals surface area contributed by atoms with E-state index in [2.05, 4.69) is 11.2 Å². The fourth-order valence-corrected chi connectivity index (χ4v) is 2.11. The highest BCUT2D eigenvalue weighted by Gasteiger charge is 2.29. The fourth-order valence-electron chi connectivity index (χ4n) is 2.11. The predicted molar refractivity (Wildman–Crippen MR) is 73.2 cm³/mol. The molecule has 1 aromatic carbocycles. The smallest absolute Gasteiger partial charge is 0.246 e. The Bertz CT molecular complexity index is 545. The first-order valence-electron chi connectivity index (χ1n) is 6.25. The Hall–Kier alpha value is -2.28. The fraction of sp³-hybridized carbons (Fsp3) is 0.333. The summed E-state index contributed by atoms with van der Waals surface area (Å²) in [7, 11) is 0. The third-order valence-electron chi connectivity index (χ3n) is 3.27. The molecule has 4 nitrogen and oxygen atoms in total. The van der Waals surface area contributed by atoms with Crippen LogP contribution in [0.5, 0.6) is 0 Å². The first-order chi connectivity index (χ1) is 9.13. The van der Waals surface area contributed by atoms with Crippen LogP contribution in [-0.4, -0.2) is 22.8 Å². The van der Waals surface area contributed by atoms with Crippen LogP contribution in [0.15, 0.2) is 24.3 Å². The maximum Gasteiger partial charge on any atom is 0.246 e. The lowest BCUT2D eigenvalue weighted by Crippen LogP contribution is -2.43. The van der Waals surface area contributed by atoms with E-state index in [1.807, 2.05) is 24.3 Å². The van der Waals surface area contributed by atoms with Gasteiger partial charge in [0, 0.05) is 25.1 Å². The van der Waals surface area contributed by atoms with E-state index in [1.165, 1.54) is 0 Å². The lowest BCUT2D eigenvalue weighted by molar-refractivity contribution is -0.138. The topological polar surface area (TPSA) is 49.4 Å². The molecule has 0 bridgehead atoms. The van der Waals surface area contributed by atoms with Crippen molar-refractivity contribution in [2.24, 2.45) is 0 Å². The Labute approximate surface area is 112 Å². The maximum absolute atomic E-state index is 12.1. The highest BCUT2D eigenvalue weighted by Crippen LogP contribution is 2.23. The second-order valence-corrected chi connectivity index (χ2v) is 4.55. The molecule has 0 aromatic heterocycles. The molecule has 1 atom stereocenters. The molecule has 0 fully saturated rings. The SMILES string of the molecule is C#CCCC(=O)N1Cc2ccccc2NC(=O)C1C. The molecule has 1 N–H and O–H groups in total. The monoisotopic (exact) mass is 256 g/mol. The second-order valence-electron chi connectivity index (χ2n) is 4.55. The molecule has 0 aliphatic carbocycles. The number of benzene rings is 1. The molecule has 19 heavy (non-hydrogen) atoms. The minimum Gasteiger partial charge on any atom is -0.327 e. The van der Waals surface area contributed by atoms with Gasteiger partial charge in [0.15, 0.2) is 0 Å². The largest absolute Gasteiger partial charge is 0.327 e. The quantitative estimate of drug-likeness (QED) is 0.820. The number of amides is 2. The van der Waals surface area contributed by atoms with Gasteiger partial charge in [0.05, 0.1) is 0 Å². The van der Waals surface area contributed by atoms with Crippen LogP contribution in [0, 0.1) is 12.3 Å². The van der Waals surface area contributed by atoms with Crippen molar-refractivity contribution >= 4 is 17.5 Å². The summed E-state index contributed by atoms with van der Waals surface area (Å²) in [5.41, 5.74) is 1.71. The molecule has 0 spiro atoms. The predicted octanol–water partition coefficient (Wildman–Crippen LogP) is 1.77. The lowest BCUT2D eigenvalue weighted by Gasteiger charge is -2.25. The van der Waals surface area contributed by atoms with Crippen molar-refractivity contribution in [1.82, 2.24) is 4.90 Å². The molecule has 98 valence electrons. The Kier molecular flexibility index (Phi) is 3.86. The van der Waals surface area contributed by atoms with Crippen LogP contribution in [0.3, 0.4) is 0 Å². The van der Waals surface area contributed by atoms with Gasteiger partial charge in [-0.15, -0.1) is 12.3 Å². The van der Waals surface area contributed by atoms with E-state index < -0.39 is 6.04 Å². The normalized spacial score (nSPS) is 18.0. The zero-order valence-corrected chi connectivity index (χ0v) is 10.8. The molecule has 1 aliphatic heterocycles. The number of anilines is 1. The third kappa shape index (κ3) is 2.76. The molecule has 4 heteroatoms. The van der Waals surface area contributed by atoms with Crippen LogP contribution < -0.4 is 5.32 Å². The Balaban J connectivity index is 2.27. The standard InChI is InChI=1S/C15H16N2O2/c1-3-4-9-14(18)17-10-12-7-5-6-8-13(12)16-15(19)11(17)2/h1,5-8,11H,4,9-10H2,2H3,(H,16,19). The molecule has 2 rings (SSSR count). The number of carbonyl (C=O) groups is 2. The van der Waals surface area contributed by atoms with Crippen molar-refractivity contribution in [2.45, 2.75) is 32.4 Å². The molecule has 2 amide bonds. The van der Waals surface area contributed by atoms with Gasteiger partial charge in [-0.2, -0.15) is 0 Å². The maximum atomic E-state index is 12.1. The molecule has 1 heterocycles. The van der Waals surface area contributed by atoms with Gasteiger partial charge in [0.2, 0.25) is 11.8 Å². The number of rotatable bonds is 2. The van der Waals surface area contributed by atoms with E-state index in [-0.39, 0.29) is 18.2 Å². The van der Waals surface area contributed by atoms with Crippen molar-refractivity contribution < 1.29 is 9.59 Å². The molecular formula is C15H16N2O2. The minimum atomic E-state index is -0.488. The van der Waals surface area contributed by atoms with Gasteiger partial charge in [-0.05, 0) is 18.6 Å². The van der Waals surface area contributed by atoms with Crippen molar-refractivity contribution in [1.29, 1.82) is 0 Å². The number of carbonyl (C=O) groups excluding carboxylic acids is 2. The molecule has 0 saturated carbocycles. The van der Waals surface area contributed by atoms with Gasteiger partial charge in [-0.1, -0.05) is 18.2 Å². The third-order valence-corrected chi connectivity index (χ3v) is 3.27. The highest BCUT2D eigenvalue weighted by molar-refractivity contribution is 5.98. The van der Waals surface area contributed by atoms with Gasteiger partial charge >= 0.3 is 0 Å². The van der Waals surface area contributed by atoms with E-state index in [0.717, 1.165) is 11.3 Å². The Morgan fingerprint density at radius 3 is 3.00 bits per heavy atom. The molecular weight excluding hydrogens is 240 g/mol.